The third-order valence-corrected chi connectivity index (χ3v) is 6.13. The van der Waals surface area contributed by atoms with E-state index in [1.54, 1.807) is 13.2 Å². The predicted octanol–water partition coefficient (Wildman–Crippen LogP) is 4.53. The SMILES string of the molecule is COC1CC(NC(=O)c2cc3c(-c4ccccc4Oc4ccccc4)[nH]c(C)c3c(=O)[nH]2)C1. The average molecular weight is 444 g/mol. The number of rotatable bonds is 6. The van der Waals surface area contributed by atoms with Crippen LogP contribution < -0.4 is 15.6 Å². The lowest BCUT2D eigenvalue weighted by molar-refractivity contribution is 0.0175. The van der Waals surface area contributed by atoms with Gasteiger partial charge < -0.3 is 24.8 Å². The minimum absolute atomic E-state index is 0.0501. The molecular weight excluding hydrogens is 418 g/mol. The number of benzene rings is 2. The van der Waals surface area contributed by atoms with Crippen molar-refractivity contribution >= 4 is 16.7 Å². The van der Waals surface area contributed by atoms with Crippen LogP contribution >= 0.6 is 0 Å². The molecule has 2 aromatic carbocycles. The van der Waals surface area contributed by atoms with E-state index in [4.69, 9.17) is 9.47 Å². The van der Waals surface area contributed by atoms with Crippen molar-refractivity contribution in [2.24, 2.45) is 0 Å². The molecule has 0 spiro atoms. The number of aromatic amines is 2. The van der Waals surface area contributed by atoms with Gasteiger partial charge in [0.15, 0.2) is 0 Å². The van der Waals surface area contributed by atoms with E-state index in [-0.39, 0.29) is 29.3 Å². The van der Waals surface area contributed by atoms with Crippen LogP contribution in [0.25, 0.3) is 22.0 Å². The predicted molar refractivity (Wildman–Crippen MR) is 127 cm³/mol. The van der Waals surface area contributed by atoms with Gasteiger partial charge in [-0.25, -0.2) is 0 Å². The second kappa shape index (κ2) is 8.60. The van der Waals surface area contributed by atoms with Crippen LogP contribution in [0.3, 0.4) is 0 Å². The first-order valence-electron chi connectivity index (χ1n) is 10.9. The molecule has 7 heteroatoms. The number of methoxy groups -OCH3 is 1. The lowest BCUT2D eigenvalue weighted by Crippen LogP contribution is -2.47. The molecule has 7 nitrogen and oxygen atoms in total. The zero-order valence-electron chi connectivity index (χ0n) is 18.5. The molecule has 0 atom stereocenters. The maximum absolute atomic E-state index is 12.9. The Labute approximate surface area is 190 Å². The molecule has 0 saturated heterocycles. The molecule has 2 heterocycles. The summed E-state index contributed by atoms with van der Waals surface area (Å²) in [6.07, 6.45) is 1.72. The minimum Gasteiger partial charge on any atom is -0.457 e. The van der Waals surface area contributed by atoms with Crippen LogP contribution in [0.15, 0.2) is 65.5 Å². The Morgan fingerprint density at radius 3 is 2.52 bits per heavy atom. The summed E-state index contributed by atoms with van der Waals surface area (Å²) in [7, 11) is 1.67. The van der Waals surface area contributed by atoms with Crippen molar-refractivity contribution in [2.75, 3.05) is 7.11 Å². The van der Waals surface area contributed by atoms with E-state index in [1.807, 2.05) is 61.5 Å². The van der Waals surface area contributed by atoms with Gasteiger partial charge in [-0.15, -0.1) is 0 Å². The molecule has 2 aromatic heterocycles. The Morgan fingerprint density at radius 2 is 1.76 bits per heavy atom. The van der Waals surface area contributed by atoms with Gasteiger partial charge in [-0.3, -0.25) is 9.59 Å². The number of carbonyl (C=O) groups is 1. The number of para-hydroxylation sites is 2. The molecule has 5 rings (SSSR count). The number of ether oxygens (including phenoxy) is 2. The fraction of sp³-hybridized carbons (Fsp3) is 0.231. The van der Waals surface area contributed by atoms with Crippen molar-refractivity contribution in [3.05, 3.63) is 82.4 Å². The fourth-order valence-electron chi connectivity index (χ4n) is 4.30. The van der Waals surface area contributed by atoms with Crippen LogP contribution in [0.4, 0.5) is 0 Å². The monoisotopic (exact) mass is 443 g/mol. The molecule has 168 valence electrons. The summed E-state index contributed by atoms with van der Waals surface area (Å²) in [5.41, 5.74) is 2.19. The second-order valence-electron chi connectivity index (χ2n) is 8.34. The van der Waals surface area contributed by atoms with Crippen molar-refractivity contribution in [1.29, 1.82) is 0 Å². The van der Waals surface area contributed by atoms with E-state index in [0.717, 1.165) is 29.8 Å². The van der Waals surface area contributed by atoms with Crippen LogP contribution in [0, 0.1) is 6.92 Å². The molecular formula is C26H25N3O4. The van der Waals surface area contributed by atoms with E-state index in [1.165, 1.54) is 0 Å². The fourth-order valence-corrected chi connectivity index (χ4v) is 4.30. The van der Waals surface area contributed by atoms with E-state index >= 15 is 0 Å². The summed E-state index contributed by atoms with van der Waals surface area (Å²) in [5.74, 6) is 1.07. The van der Waals surface area contributed by atoms with Crippen LogP contribution in [0.2, 0.25) is 0 Å². The van der Waals surface area contributed by atoms with Crippen LogP contribution in [0.5, 0.6) is 11.5 Å². The van der Waals surface area contributed by atoms with Gasteiger partial charge in [-0.05, 0) is 50.1 Å². The van der Waals surface area contributed by atoms with Gasteiger partial charge in [0.05, 0.1) is 17.2 Å². The largest absolute Gasteiger partial charge is 0.457 e. The molecule has 1 aliphatic rings. The molecule has 0 unspecified atom stereocenters. The topological polar surface area (TPSA) is 96.2 Å². The Bertz CT molecular complexity index is 1370. The molecule has 33 heavy (non-hydrogen) atoms. The number of pyridine rings is 1. The molecule has 1 saturated carbocycles. The molecule has 0 radical (unpaired) electrons. The van der Waals surface area contributed by atoms with Crippen molar-refractivity contribution < 1.29 is 14.3 Å². The minimum atomic E-state index is -0.303. The molecule has 1 aliphatic carbocycles. The first kappa shape index (κ1) is 21.0. The number of H-pyrrole nitrogens is 2. The van der Waals surface area contributed by atoms with E-state index in [9.17, 15) is 9.59 Å². The Balaban J connectivity index is 1.53. The lowest BCUT2D eigenvalue weighted by atomic mass is 9.89. The smallest absolute Gasteiger partial charge is 0.268 e. The molecule has 1 fully saturated rings. The first-order valence-corrected chi connectivity index (χ1v) is 10.9. The van der Waals surface area contributed by atoms with Crippen LogP contribution in [-0.4, -0.2) is 35.1 Å². The molecule has 3 N–H and O–H groups in total. The Kier molecular flexibility index (Phi) is 5.48. The van der Waals surface area contributed by atoms with Crippen molar-refractivity contribution in [3.8, 4) is 22.8 Å². The standard InChI is InChI=1S/C26H25N3O4/c1-15-23-20(14-21(29-26(23)31)25(30)28-16-12-18(13-16)32-2)24(27-15)19-10-6-7-11-22(19)33-17-8-4-3-5-9-17/h3-11,14,16,18,27H,12-13H2,1-2H3,(H,28,30)(H,29,31). The summed E-state index contributed by atoms with van der Waals surface area (Å²) < 4.78 is 11.4. The Hall–Kier alpha value is -3.84. The summed E-state index contributed by atoms with van der Waals surface area (Å²) >= 11 is 0. The van der Waals surface area contributed by atoms with Crippen LogP contribution in [0.1, 0.15) is 29.0 Å². The molecule has 1 amide bonds. The van der Waals surface area contributed by atoms with Crippen molar-refractivity contribution in [3.63, 3.8) is 0 Å². The van der Waals surface area contributed by atoms with Gasteiger partial charge in [-0.1, -0.05) is 30.3 Å². The third kappa shape index (κ3) is 4.03. The van der Waals surface area contributed by atoms with Gasteiger partial charge in [0.2, 0.25) is 0 Å². The number of carbonyl (C=O) groups excluding carboxylic acids is 1. The first-order chi connectivity index (χ1) is 16.0. The van der Waals surface area contributed by atoms with E-state index in [0.29, 0.717) is 22.3 Å². The Morgan fingerprint density at radius 1 is 1.03 bits per heavy atom. The van der Waals surface area contributed by atoms with E-state index in [2.05, 4.69) is 15.3 Å². The number of aryl methyl sites for hydroxylation is 1. The number of amides is 1. The van der Waals surface area contributed by atoms with Crippen molar-refractivity contribution in [1.82, 2.24) is 15.3 Å². The molecule has 0 bridgehead atoms. The highest BCUT2D eigenvalue weighted by Gasteiger charge is 2.30. The van der Waals surface area contributed by atoms with Gasteiger partial charge in [0, 0.05) is 29.8 Å². The highest BCUT2D eigenvalue weighted by atomic mass is 16.5. The number of fused-ring (bicyclic) bond motifs is 1. The summed E-state index contributed by atoms with van der Waals surface area (Å²) in [6, 6.07) is 18.9. The van der Waals surface area contributed by atoms with Gasteiger partial charge in [0.1, 0.15) is 17.2 Å². The quantitative estimate of drug-likeness (QED) is 0.408. The van der Waals surface area contributed by atoms with E-state index < -0.39 is 0 Å². The summed E-state index contributed by atoms with van der Waals surface area (Å²) in [5, 5.41) is 4.18. The molecule has 4 aromatic rings. The van der Waals surface area contributed by atoms with Gasteiger partial charge >= 0.3 is 0 Å². The number of hydrogen-bond donors (Lipinski definition) is 3. The summed E-state index contributed by atoms with van der Waals surface area (Å²) in [6.45, 7) is 1.85. The average Bonchev–Trinajstić information content (AvgIpc) is 3.13. The lowest BCUT2D eigenvalue weighted by Gasteiger charge is -2.34. The van der Waals surface area contributed by atoms with Crippen molar-refractivity contribution in [2.45, 2.75) is 31.9 Å². The number of hydrogen-bond acceptors (Lipinski definition) is 4. The second-order valence-corrected chi connectivity index (χ2v) is 8.34. The normalized spacial score (nSPS) is 17.5. The van der Waals surface area contributed by atoms with Crippen LogP contribution in [-0.2, 0) is 4.74 Å². The maximum Gasteiger partial charge on any atom is 0.268 e. The zero-order chi connectivity index (χ0) is 22.9. The molecule has 0 aliphatic heterocycles. The summed E-state index contributed by atoms with van der Waals surface area (Å²) in [4.78, 5) is 31.8. The van der Waals surface area contributed by atoms with Gasteiger partial charge in [0.25, 0.3) is 11.5 Å². The number of nitrogens with one attached hydrogen (secondary N) is 3. The maximum atomic E-state index is 12.9. The highest BCUT2D eigenvalue weighted by Crippen LogP contribution is 2.37. The zero-order valence-corrected chi connectivity index (χ0v) is 18.5. The van der Waals surface area contributed by atoms with Gasteiger partial charge in [-0.2, -0.15) is 0 Å². The number of aromatic nitrogens is 2. The highest BCUT2D eigenvalue weighted by molar-refractivity contribution is 6.03. The third-order valence-electron chi connectivity index (χ3n) is 6.13.